The Bertz CT molecular complexity index is 237. The van der Waals surface area contributed by atoms with Gasteiger partial charge in [-0.1, -0.05) is 57.5 Å². The van der Waals surface area contributed by atoms with E-state index < -0.39 is 0 Å². The SMILES string of the molecule is CCC(C)CC(C)Cc1ccccc1. The smallest absolute Gasteiger partial charge is 0.0253 e. The highest BCUT2D eigenvalue weighted by Crippen LogP contribution is 2.18. The summed E-state index contributed by atoms with van der Waals surface area (Å²) >= 11 is 0. The summed E-state index contributed by atoms with van der Waals surface area (Å²) in [6.45, 7) is 6.99. The van der Waals surface area contributed by atoms with Gasteiger partial charge >= 0.3 is 0 Å². The van der Waals surface area contributed by atoms with Gasteiger partial charge in [-0.2, -0.15) is 0 Å². The summed E-state index contributed by atoms with van der Waals surface area (Å²) in [7, 11) is 0. The largest absolute Gasteiger partial charge is 0.0651 e. The number of hydrogen-bond donors (Lipinski definition) is 0. The third kappa shape index (κ3) is 3.95. The highest BCUT2D eigenvalue weighted by Gasteiger charge is 2.07. The first kappa shape index (κ1) is 11.3. The fourth-order valence-corrected chi connectivity index (χ4v) is 1.95. The van der Waals surface area contributed by atoms with Crippen LogP contribution in [0.15, 0.2) is 30.3 Å². The summed E-state index contributed by atoms with van der Waals surface area (Å²) in [4.78, 5) is 0. The molecule has 0 heteroatoms. The molecular formula is C14H22. The second-order valence-electron chi connectivity index (χ2n) is 4.54. The van der Waals surface area contributed by atoms with Crippen molar-refractivity contribution in [3.8, 4) is 0 Å². The van der Waals surface area contributed by atoms with Crippen LogP contribution >= 0.6 is 0 Å². The zero-order valence-corrected chi connectivity index (χ0v) is 9.66. The highest BCUT2D eigenvalue weighted by atomic mass is 14.1. The Labute approximate surface area is 88.4 Å². The van der Waals surface area contributed by atoms with Crippen molar-refractivity contribution in [2.24, 2.45) is 11.8 Å². The van der Waals surface area contributed by atoms with Crippen LogP contribution in [0, 0.1) is 11.8 Å². The second kappa shape index (κ2) is 5.85. The van der Waals surface area contributed by atoms with Crippen molar-refractivity contribution in [1.82, 2.24) is 0 Å². The molecule has 1 aromatic carbocycles. The van der Waals surface area contributed by atoms with E-state index in [1.807, 2.05) is 0 Å². The lowest BCUT2D eigenvalue weighted by Crippen LogP contribution is -2.05. The van der Waals surface area contributed by atoms with E-state index in [1.165, 1.54) is 24.8 Å². The lowest BCUT2D eigenvalue weighted by atomic mass is 9.90. The van der Waals surface area contributed by atoms with Crippen molar-refractivity contribution >= 4 is 0 Å². The van der Waals surface area contributed by atoms with Crippen LogP contribution < -0.4 is 0 Å². The maximum atomic E-state index is 2.36. The molecule has 0 amide bonds. The molecule has 0 spiro atoms. The quantitative estimate of drug-likeness (QED) is 0.649. The summed E-state index contributed by atoms with van der Waals surface area (Å²) < 4.78 is 0. The Balaban J connectivity index is 2.37. The maximum absolute atomic E-state index is 2.36. The lowest BCUT2D eigenvalue weighted by molar-refractivity contribution is 0.404. The minimum atomic E-state index is 0.812. The standard InChI is InChI=1S/C14H22/c1-4-12(2)10-13(3)11-14-8-6-5-7-9-14/h5-9,12-13H,4,10-11H2,1-3H3. The van der Waals surface area contributed by atoms with Crippen LogP contribution in [0.25, 0.3) is 0 Å². The van der Waals surface area contributed by atoms with Crippen LogP contribution in [0.4, 0.5) is 0 Å². The molecule has 0 fully saturated rings. The Morgan fingerprint density at radius 3 is 2.21 bits per heavy atom. The first-order valence-electron chi connectivity index (χ1n) is 5.76. The van der Waals surface area contributed by atoms with Crippen LogP contribution in [-0.2, 0) is 6.42 Å². The van der Waals surface area contributed by atoms with Crippen molar-refractivity contribution in [3.05, 3.63) is 35.9 Å². The minimum Gasteiger partial charge on any atom is -0.0651 e. The van der Waals surface area contributed by atoms with Crippen molar-refractivity contribution < 1.29 is 0 Å². The molecule has 0 radical (unpaired) electrons. The third-order valence-corrected chi connectivity index (χ3v) is 2.93. The van der Waals surface area contributed by atoms with Crippen LogP contribution in [0.2, 0.25) is 0 Å². The molecule has 0 aromatic heterocycles. The molecule has 1 rings (SSSR count). The fraction of sp³-hybridized carbons (Fsp3) is 0.571. The van der Waals surface area contributed by atoms with Crippen LogP contribution in [-0.4, -0.2) is 0 Å². The molecule has 0 saturated carbocycles. The molecule has 78 valence electrons. The van der Waals surface area contributed by atoms with Crippen molar-refractivity contribution in [2.75, 3.05) is 0 Å². The van der Waals surface area contributed by atoms with Gasteiger partial charge in [0, 0.05) is 0 Å². The van der Waals surface area contributed by atoms with E-state index in [-0.39, 0.29) is 0 Å². The minimum absolute atomic E-state index is 0.812. The van der Waals surface area contributed by atoms with E-state index in [1.54, 1.807) is 0 Å². The maximum Gasteiger partial charge on any atom is -0.0253 e. The van der Waals surface area contributed by atoms with Crippen molar-refractivity contribution in [1.29, 1.82) is 0 Å². The Hall–Kier alpha value is -0.780. The van der Waals surface area contributed by atoms with Gasteiger partial charge in [0.15, 0.2) is 0 Å². The van der Waals surface area contributed by atoms with Crippen molar-refractivity contribution in [3.63, 3.8) is 0 Å². The fourth-order valence-electron chi connectivity index (χ4n) is 1.95. The van der Waals surface area contributed by atoms with E-state index >= 15 is 0 Å². The van der Waals surface area contributed by atoms with E-state index in [0.29, 0.717) is 0 Å². The number of rotatable bonds is 5. The topological polar surface area (TPSA) is 0 Å². The van der Waals surface area contributed by atoms with Gasteiger partial charge in [0.1, 0.15) is 0 Å². The van der Waals surface area contributed by atoms with Gasteiger partial charge in [-0.3, -0.25) is 0 Å². The molecule has 0 saturated heterocycles. The Kier molecular flexibility index (Phi) is 4.72. The Morgan fingerprint density at radius 2 is 1.64 bits per heavy atom. The molecule has 14 heavy (non-hydrogen) atoms. The molecule has 0 N–H and O–H groups in total. The summed E-state index contributed by atoms with van der Waals surface area (Å²) in [6, 6.07) is 10.8. The zero-order valence-electron chi connectivity index (χ0n) is 9.66. The normalized spacial score (nSPS) is 15.1. The molecule has 0 aliphatic carbocycles. The molecular weight excluding hydrogens is 168 g/mol. The predicted octanol–water partition coefficient (Wildman–Crippen LogP) is 4.30. The van der Waals surface area contributed by atoms with Crippen LogP contribution in [0.5, 0.6) is 0 Å². The summed E-state index contributed by atoms with van der Waals surface area (Å²) in [5.74, 6) is 1.68. The van der Waals surface area contributed by atoms with Crippen molar-refractivity contribution in [2.45, 2.75) is 40.0 Å². The molecule has 0 heterocycles. The van der Waals surface area contributed by atoms with Gasteiger partial charge in [-0.15, -0.1) is 0 Å². The second-order valence-corrected chi connectivity index (χ2v) is 4.54. The average Bonchev–Trinajstić information content (AvgIpc) is 2.19. The molecule has 1 aromatic rings. The lowest BCUT2D eigenvalue weighted by Gasteiger charge is -2.15. The van der Waals surface area contributed by atoms with Gasteiger partial charge < -0.3 is 0 Å². The summed E-state index contributed by atoms with van der Waals surface area (Å²) in [5.41, 5.74) is 1.48. The summed E-state index contributed by atoms with van der Waals surface area (Å²) in [6.07, 6.45) is 3.88. The van der Waals surface area contributed by atoms with E-state index in [0.717, 1.165) is 11.8 Å². The molecule has 2 unspecified atom stereocenters. The average molecular weight is 190 g/mol. The predicted molar refractivity (Wildman–Crippen MR) is 63.4 cm³/mol. The molecule has 0 aliphatic rings. The molecule has 2 atom stereocenters. The van der Waals surface area contributed by atoms with Gasteiger partial charge in [0.05, 0.1) is 0 Å². The van der Waals surface area contributed by atoms with Gasteiger partial charge in [-0.25, -0.2) is 0 Å². The first-order valence-corrected chi connectivity index (χ1v) is 5.76. The van der Waals surface area contributed by atoms with E-state index in [2.05, 4.69) is 51.1 Å². The molecule has 0 nitrogen and oxygen atoms in total. The van der Waals surface area contributed by atoms with Gasteiger partial charge in [-0.05, 0) is 30.2 Å². The van der Waals surface area contributed by atoms with E-state index in [4.69, 9.17) is 0 Å². The van der Waals surface area contributed by atoms with E-state index in [9.17, 15) is 0 Å². The number of hydrogen-bond acceptors (Lipinski definition) is 0. The zero-order chi connectivity index (χ0) is 10.4. The first-order chi connectivity index (χ1) is 6.72. The molecule has 0 bridgehead atoms. The summed E-state index contributed by atoms with van der Waals surface area (Å²) in [5, 5.41) is 0. The number of benzene rings is 1. The Morgan fingerprint density at radius 1 is 1.00 bits per heavy atom. The van der Waals surface area contributed by atoms with Crippen LogP contribution in [0.3, 0.4) is 0 Å². The monoisotopic (exact) mass is 190 g/mol. The molecule has 0 aliphatic heterocycles. The van der Waals surface area contributed by atoms with Crippen LogP contribution in [0.1, 0.15) is 39.2 Å². The van der Waals surface area contributed by atoms with Gasteiger partial charge in [0.2, 0.25) is 0 Å². The highest BCUT2D eigenvalue weighted by molar-refractivity contribution is 5.14. The van der Waals surface area contributed by atoms with Gasteiger partial charge in [0.25, 0.3) is 0 Å². The third-order valence-electron chi connectivity index (χ3n) is 2.93.